The first kappa shape index (κ1) is 16.4. The Morgan fingerprint density at radius 3 is 2.55 bits per heavy atom. The van der Waals surface area contributed by atoms with E-state index < -0.39 is 17.6 Å². The van der Waals surface area contributed by atoms with Gasteiger partial charge in [-0.2, -0.15) is 13.2 Å². The summed E-state index contributed by atoms with van der Waals surface area (Å²) >= 11 is 4.73. The number of benzene rings is 1. The Morgan fingerprint density at radius 1 is 1.40 bits per heavy atom. The second kappa shape index (κ2) is 6.69. The van der Waals surface area contributed by atoms with Crippen molar-refractivity contribution in [3.05, 3.63) is 35.4 Å². The van der Waals surface area contributed by atoms with Gasteiger partial charge in [0.05, 0.1) is 10.6 Å². The van der Waals surface area contributed by atoms with E-state index in [1.54, 1.807) is 6.92 Å². The Morgan fingerprint density at radius 2 is 2.05 bits per heavy atom. The van der Waals surface area contributed by atoms with Crippen molar-refractivity contribution >= 4 is 23.1 Å². The molecule has 3 nitrogen and oxygen atoms in total. The quantitative estimate of drug-likeness (QED) is 0.851. The molecule has 0 aromatic heterocycles. The smallest absolute Gasteiger partial charge is 0.393 e. The van der Waals surface area contributed by atoms with Crippen molar-refractivity contribution in [2.75, 3.05) is 13.1 Å². The summed E-state index contributed by atoms with van der Waals surface area (Å²) < 4.78 is 37.8. The molecule has 0 aliphatic heterocycles. The van der Waals surface area contributed by atoms with Gasteiger partial charge in [0.1, 0.15) is 0 Å². The molecule has 0 saturated heterocycles. The van der Waals surface area contributed by atoms with Crippen LogP contribution in [0.3, 0.4) is 0 Å². The van der Waals surface area contributed by atoms with E-state index in [0.717, 1.165) is 12.1 Å². The number of hydrogen-bond donors (Lipinski definition) is 1. The summed E-state index contributed by atoms with van der Waals surface area (Å²) in [6.07, 6.45) is -4.12. The zero-order valence-corrected chi connectivity index (χ0v) is 11.7. The first-order valence-corrected chi connectivity index (χ1v) is 6.41. The van der Waals surface area contributed by atoms with Crippen LogP contribution in [0.15, 0.2) is 24.3 Å². The molecule has 110 valence electrons. The molecule has 0 unspecified atom stereocenters. The fourth-order valence-electron chi connectivity index (χ4n) is 1.66. The number of nitrogens with two attached hydrogens (primary N) is 1. The van der Waals surface area contributed by atoms with E-state index in [4.69, 9.17) is 18.0 Å². The van der Waals surface area contributed by atoms with Gasteiger partial charge in [0.2, 0.25) is 0 Å². The molecule has 0 radical (unpaired) electrons. The molecule has 1 amide bonds. The summed E-state index contributed by atoms with van der Waals surface area (Å²) in [7, 11) is 0. The van der Waals surface area contributed by atoms with Gasteiger partial charge in [0, 0.05) is 25.1 Å². The minimum atomic E-state index is -4.47. The second-order valence-corrected chi connectivity index (χ2v) is 4.70. The molecule has 0 bridgehead atoms. The van der Waals surface area contributed by atoms with Crippen LogP contribution in [0.25, 0.3) is 0 Å². The van der Waals surface area contributed by atoms with Gasteiger partial charge in [0.15, 0.2) is 0 Å². The highest BCUT2D eigenvalue weighted by Gasteiger charge is 2.31. The van der Waals surface area contributed by atoms with Crippen molar-refractivity contribution < 1.29 is 18.0 Å². The average Bonchev–Trinajstić information content (AvgIpc) is 2.38. The van der Waals surface area contributed by atoms with Gasteiger partial charge < -0.3 is 10.6 Å². The SMILES string of the molecule is CCN(CCC(N)=S)C(=O)c1cccc(C(F)(F)F)c1. The summed E-state index contributed by atoms with van der Waals surface area (Å²) in [5.74, 6) is -0.463. The molecule has 0 heterocycles. The Labute approximate surface area is 120 Å². The van der Waals surface area contributed by atoms with Crippen LogP contribution in [0, 0.1) is 0 Å². The van der Waals surface area contributed by atoms with Crippen molar-refractivity contribution in [2.45, 2.75) is 19.5 Å². The van der Waals surface area contributed by atoms with Gasteiger partial charge in [-0.1, -0.05) is 18.3 Å². The molecule has 0 fully saturated rings. The Bertz CT molecular complexity index is 503. The molecule has 0 aliphatic rings. The maximum Gasteiger partial charge on any atom is 0.416 e. The molecule has 7 heteroatoms. The van der Waals surface area contributed by atoms with Crippen LogP contribution < -0.4 is 5.73 Å². The molecule has 0 spiro atoms. The molecule has 0 saturated carbocycles. The number of amides is 1. The third-order valence-corrected chi connectivity index (χ3v) is 2.94. The summed E-state index contributed by atoms with van der Waals surface area (Å²) in [6, 6.07) is 4.37. The molecule has 1 rings (SSSR count). The van der Waals surface area contributed by atoms with Gasteiger partial charge in [-0.05, 0) is 25.1 Å². The molecule has 20 heavy (non-hydrogen) atoms. The largest absolute Gasteiger partial charge is 0.416 e. The highest BCUT2D eigenvalue weighted by molar-refractivity contribution is 7.80. The third kappa shape index (κ3) is 4.48. The number of nitrogens with zero attached hydrogens (tertiary/aromatic N) is 1. The van der Waals surface area contributed by atoms with Crippen molar-refractivity contribution in [1.82, 2.24) is 4.90 Å². The third-order valence-electron chi connectivity index (χ3n) is 2.73. The number of carbonyl (C=O) groups excluding carboxylic acids is 1. The van der Waals surface area contributed by atoms with Crippen LogP contribution in [0.4, 0.5) is 13.2 Å². The van der Waals surface area contributed by atoms with Crippen molar-refractivity contribution in [1.29, 1.82) is 0 Å². The lowest BCUT2D eigenvalue weighted by Gasteiger charge is -2.21. The monoisotopic (exact) mass is 304 g/mol. The molecular weight excluding hydrogens is 289 g/mol. The Balaban J connectivity index is 2.92. The van der Waals surface area contributed by atoms with Crippen LogP contribution in [-0.4, -0.2) is 28.9 Å². The van der Waals surface area contributed by atoms with Gasteiger partial charge in [0.25, 0.3) is 5.91 Å². The highest BCUT2D eigenvalue weighted by atomic mass is 32.1. The number of alkyl halides is 3. The molecule has 0 aliphatic carbocycles. The zero-order chi connectivity index (χ0) is 15.3. The highest BCUT2D eigenvalue weighted by Crippen LogP contribution is 2.29. The maximum atomic E-state index is 12.6. The minimum Gasteiger partial charge on any atom is -0.393 e. The number of thiocarbonyl (C=S) groups is 1. The van der Waals surface area contributed by atoms with E-state index >= 15 is 0 Å². The Hall–Kier alpha value is -1.63. The average molecular weight is 304 g/mol. The first-order chi connectivity index (χ1) is 9.25. The van der Waals surface area contributed by atoms with Crippen LogP contribution in [-0.2, 0) is 6.18 Å². The molecule has 1 aromatic rings. The van der Waals surface area contributed by atoms with E-state index in [-0.39, 0.29) is 10.6 Å². The lowest BCUT2D eigenvalue weighted by atomic mass is 10.1. The number of rotatable bonds is 5. The van der Waals surface area contributed by atoms with Crippen LogP contribution in [0.1, 0.15) is 29.3 Å². The summed E-state index contributed by atoms with van der Waals surface area (Å²) in [5.41, 5.74) is 4.53. The van der Waals surface area contributed by atoms with Crippen molar-refractivity contribution in [2.24, 2.45) is 5.73 Å². The van der Waals surface area contributed by atoms with Crippen molar-refractivity contribution in [3.8, 4) is 0 Å². The van der Waals surface area contributed by atoms with E-state index in [0.29, 0.717) is 19.5 Å². The normalized spacial score (nSPS) is 11.2. The topological polar surface area (TPSA) is 46.3 Å². The van der Waals surface area contributed by atoms with Crippen molar-refractivity contribution in [3.63, 3.8) is 0 Å². The minimum absolute atomic E-state index is 0.00427. The lowest BCUT2D eigenvalue weighted by Crippen LogP contribution is -2.33. The molecule has 2 N–H and O–H groups in total. The van der Waals surface area contributed by atoms with Crippen LogP contribution in [0.2, 0.25) is 0 Å². The van der Waals surface area contributed by atoms with E-state index in [1.807, 2.05) is 0 Å². The predicted molar refractivity (Wildman–Crippen MR) is 74.4 cm³/mol. The predicted octanol–water partition coefficient (Wildman–Crippen LogP) is 2.84. The number of hydrogen-bond acceptors (Lipinski definition) is 2. The number of carbonyl (C=O) groups is 1. The van der Waals surface area contributed by atoms with E-state index in [1.165, 1.54) is 17.0 Å². The van der Waals surface area contributed by atoms with E-state index in [2.05, 4.69) is 0 Å². The summed E-state index contributed by atoms with van der Waals surface area (Å²) in [5, 5.41) is 0. The molecular formula is C13H15F3N2OS. The lowest BCUT2D eigenvalue weighted by molar-refractivity contribution is -0.137. The van der Waals surface area contributed by atoms with Crippen LogP contribution >= 0.6 is 12.2 Å². The van der Waals surface area contributed by atoms with Gasteiger partial charge in [-0.3, -0.25) is 4.79 Å². The number of halogens is 3. The van der Waals surface area contributed by atoms with Gasteiger partial charge in [-0.25, -0.2) is 0 Å². The van der Waals surface area contributed by atoms with E-state index in [9.17, 15) is 18.0 Å². The molecule has 0 atom stereocenters. The second-order valence-electron chi connectivity index (χ2n) is 4.18. The maximum absolute atomic E-state index is 12.6. The van der Waals surface area contributed by atoms with Crippen LogP contribution in [0.5, 0.6) is 0 Å². The van der Waals surface area contributed by atoms with Gasteiger partial charge >= 0.3 is 6.18 Å². The zero-order valence-electron chi connectivity index (χ0n) is 10.9. The fraction of sp³-hybridized carbons (Fsp3) is 0.385. The summed E-state index contributed by atoms with van der Waals surface area (Å²) in [6.45, 7) is 2.41. The Kier molecular flexibility index (Phi) is 5.50. The summed E-state index contributed by atoms with van der Waals surface area (Å²) in [4.78, 5) is 13.8. The van der Waals surface area contributed by atoms with Gasteiger partial charge in [-0.15, -0.1) is 0 Å². The standard InChI is InChI=1S/C13H15F3N2OS/c1-2-18(7-6-11(17)20)12(19)9-4-3-5-10(8-9)13(14,15)16/h3-5,8H,2,6-7H2,1H3,(H2,17,20). The molecule has 1 aromatic carbocycles. The fourth-order valence-corrected chi connectivity index (χ4v) is 1.75. The first-order valence-electron chi connectivity index (χ1n) is 6.00.